The van der Waals surface area contributed by atoms with Gasteiger partial charge in [-0.1, -0.05) is 5.16 Å². The molecule has 2 aromatic carbocycles. The summed E-state index contributed by atoms with van der Waals surface area (Å²) in [5.74, 6) is -0.463. The summed E-state index contributed by atoms with van der Waals surface area (Å²) in [5, 5.41) is 16.7. The number of benzene rings is 2. The zero-order valence-electron chi connectivity index (χ0n) is 13.6. The van der Waals surface area contributed by atoms with E-state index in [1.807, 2.05) is 0 Å². The number of hydrogen-bond donors (Lipinski definition) is 3. The summed E-state index contributed by atoms with van der Waals surface area (Å²) in [4.78, 5) is 24.2. The van der Waals surface area contributed by atoms with Gasteiger partial charge in [-0.3, -0.25) is 9.59 Å². The minimum atomic E-state index is -0.848. The molecule has 0 aliphatic rings. The van der Waals surface area contributed by atoms with Crippen molar-refractivity contribution >= 4 is 28.9 Å². The van der Waals surface area contributed by atoms with Crippen LogP contribution >= 0.6 is 0 Å². The number of oxime groups is 1. The van der Waals surface area contributed by atoms with Crippen molar-refractivity contribution in [3.8, 4) is 11.5 Å². The fourth-order valence-electron chi connectivity index (χ4n) is 1.92. The van der Waals surface area contributed by atoms with E-state index in [1.54, 1.807) is 48.5 Å². The Balaban J connectivity index is 2.03. The summed E-state index contributed by atoms with van der Waals surface area (Å²) in [5.41, 5.74) is 0.167. The lowest BCUT2D eigenvalue weighted by Crippen LogP contribution is -2.34. The van der Waals surface area contributed by atoms with Gasteiger partial charge in [-0.15, -0.1) is 0 Å². The van der Waals surface area contributed by atoms with Crippen molar-refractivity contribution < 1.29 is 24.3 Å². The van der Waals surface area contributed by atoms with Crippen molar-refractivity contribution in [1.29, 1.82) is 0 Å². The number of carbonyl (C=O) groups excluding carboxylic acids is 2. The Bertz CT molecular complexity index is 706. The van der Waals surface area contributed by atoms with E-state index < -0.39 is 17.5 Å². The maximum Gasteiger partial charge on any atom is 0.283 e. The van der Waals surface area contributed by atoms with Gasteiger partial charge in [0.05, 0.1) is 14.2 Å². The number of nitrogens with zero attached hydrogens (tertiary/aromatic N) is 1. The Morgan fingerprint density at radius 1 is 0.800 bits per heavy atom. The van der Waals surface area contributed by atoms with Crippen LogP contribution in [-0.2, 0) is 9.59 Å². The monoisotopic (exact) mass is 343 g/mol. The predicted octanol–water partition coefficient (Wildman–Crippen LogP) is 2.11. The van der Waals surface area contributed by atoms with Crippen LogP contribution in [-0.4, -0.2) is 37.0 Å². The maximum atomic E-state index is 12.1. The molecule has 2 aromatic rings. The molecule has 0 aromatic heterocycles. The third kappa shape index (κ3) is 4.71. The highest BCUT2D eigenvalue weighted by Gasteiger charge is 2.21. The number of carbonyl (C=O) groups is 2. The average Bonchev–Trinajstić information content (AvgIpc) is 2.63. The van der Waals surface area contributed by atoms with Crippen LogP contribution in [0.3, 0.4) is 0 Å². The molecule has 0 fully saturated rings. The van der Waals surface area contributed by atoms with Gasteiger partial charge < -0.3 is 25.3 Å². The zero-order valence-corrected chi connectivity index (χ0v) is 13.6. The molecule has 130 valence electrons. The van der Waals surface area contributed by atoms with E-state index >= 15 is 0 Å². The van der Waals surface area contributed by atoms with Crippen molar-refractivity contribution in [1.82, 2.24) is 0 Å². The van der Waals surface area contributed by atoms with Gasteiger partial charge in [0, 0.05) is 11.4 Å². The standard InChI is InChI=1S/C17H17N3O5/c1-24-13-7-3-11(4-8-13)18-16(21)15(20-23)17(22)19-12-5-9-14(25-2)10-6-12/h3-10,23H,1-2H3,(H,18,21)(H,19,22). The molecular formula is C17H17N3O5. The fourth-order valence-corrected chi connectivity index (χ4v) is 1.92. The number of hydrogen-bond acceptors (Lipinski definition) is 6. The van der Waals surface area contributed by atoms with Gasteiger partial charge in [-0.2, -0.15) is 0 Å². The second-order valence-electron chi connectivity index (χ2n) is 4.81. The molecular weight excluding hydrogens is 326 g/mol. The van der Waals surface area contributed by atoms with Gasteiger partial charge in [-0.05, 0) is 48.5 Å². The highest BCUT2D eigenvalue weighted by Crippen LogP contribution is 2.16. The van der Waals surface area contributed by atoms with E-state index in [-0.39, 0.29) is 0 Å². The second kappa shape index (κ2) is 8.34. The van der Waals surface area contributed by atoms with Crippen LogP contribution < -0.4 is 20.1 Å². The molecule has 0 spiro atoms. The summed E-state index contributed by atoms with van der Waals surface area (Å²) >= 11 is 0. The largest absolute Gasteiger partial charge is 0.497 e. The van der Waals surface area contributed by atoms with Crippen LogP contribution in [0.1, 0.15) is 0 Å². The van der Waals surface area contributed by atoms with Crippen LogP contribution in [0.4, 0.5) is 11.4 Å². The lowest BCUT2D eigenvalue weighted by Gasteiger charge is -2.09. The molecule has 0 saturated carbocycles. The minimum Gasteiger partial charge on any atom is -0.497 e. The summed E-state index contributed by atoms with van der Waals surface area (Å²) in [6.45, 7) is 0. The molecule has 2 amide bonds. The first kappa shape index (κ1) is 17.8. The highest BCUT2D eigenvalue weighted by atomic mass is 16.5. The molecule has 8 heteroatoms. The van der Waals surface area contributed by atoms with Gasteiger partial charge >= 0.3 is 0 Å². The van der Waals surface area contributed by atoms with Gasteiger partial charge in [0.2, 0.25) is 5.71 Å². The second-order valence-corrected chi connectivity index (χ2v) is 4.81. The van der Waals surface area contributed by atoms with Gasteiger partial charge in [-0.25, -0.2) is 0 Å². The van der Waals surface area contributed by atoms with Crippen LogP contribution in [0.25, 0.3) is 0 Å². The van der Waals surface area contributed by atoms with Crippen LogP contribution in [0.5, 0.6) is 11.5 Å². The SMILES string of the molecule is COc1ccc(NC(=O)C(=NO)C(=O)Nc2ccc(OC)cc2)cc1. The van der Waals surface area contributed by atoms with E-state index in [1.165, 1.54) is 14.2 Å². The van der Waals surface area contributed by atoms with E-state index in [0.29, 0.717) is 22.9 Å². The third-order valence-electron chi connectivity index (χ3n) is 3.23. The molecule has 0 heterocycles. The first-order chi connectivity index (χ1) is 12.1. The number of amides is 2. The van der Waals surface area contributed by atoms with E-state index in [0.717, 1.165) is 0 Å². The predicted molar refractivity (Wildman–Crippen MR) is 92.5 cm³/mol. The van der Waals surface area contributed by atoms with Crippen LogP contribution in [0.2, 0.25) is 0 Å². The minimum absolute atomic E-state index is 0.421. The number of nitrogens with one attached hydrogen (secondary N) is 2. The molecule has 0 radical (unpaired) electrons. The molecule has 0 aliphatic carbocycles. The van der Waals surface area contributed by atoms with E-state index in [4.69, 9.17) is 14.7 Å². The summed E-state index contributed by atoms with van der Waals surface area (Å²) in [7, 11) is 3.04. The molecule has 8 nitrogen and oxygen atoms in total. The normalized spacial score (nSPS) is 9.68. The zero-order chi connectivity index (χ0) is 18.2. The van der Waals surface area contributed by atoms with Gasteiger partial charge in [0.25, 0.3) is 11.8 Å². The lowest BCUT2D eigenvalue weighted by atomic mass is 10.2. The Morgan fingerprint density at radius 2 is 1.16 bits per heavy atom. The number of rotatable bonds is 6. The molecule has 3 N–H and O–H groups in total. The highest BCUT2D eigenvalue weighted by molar-refractivity contribution is 6.68. The first-order valence-corrected chi connectivity index (χ1v) is 7.20. The fraction of sp³-hybridized carbons (Fsp3) is 0.118. The average molecular weight is 343 g/mol. The summed E-state index contributed by atoms with van der Waals surface area (Å²) in [6.07, 6.45) is 0. The molecule has 2 rings (SSSR count). The van der Waals surface area contributed by atoms with E-state index in [2.05, 4.69) is 15.8 Å². The molecule has 25 heavy (non-hydrogen) atoms. The van der Waals surface area contributed by atoms with Crippen molar-refractivity contribution in [2.45, 2.75) is 0 Å². The molecule has 0 bridgehead atoms. The maximum absolute atomic E-state index is 12.1. The van der Waals surface area contributed by atoms with Crippen molar-refractivity contribution in [3.05, 3.63) is 48.5 Å². The number of anilines is 2. The number of ether oxygens (including phenoxy) is 2. The third-order valence-corrected chi connectivity index (χ3v) is 3.23. The van der Waals surface area contributed by atoms with Crippen LogP contribution in [0, 0.1) is 0 Å². The van der Waals surface area contributed by atoms with Gasteiger partial charge in [0.15, 0.2) is 0 Å². The lowest BCUT2D eigenvalue weighted by molar-refractivity contribution is -0.114. The van der Waals surface area contributed by atoms with Crippen molar-refractivity contribution in [3.63, 3.8) is 0 Å². The molecule has 0 atom stereocenters. The van der Waals surface area contributed by atoms with Crippen LogP contribution in [0.15, 0.2) is 53.7 Å². The van der Waals surface area contributed by atoms with Crippen molar-refractivity contribution in [2.24, 2.45) is 5.16 Å². The molecule has 0 saturated heterocycles. The van der Waals surface area contributed by atoms with Crippen molar-refractivity contribution in [2.75, 3.05) is 24.9 Å². The first-order valence-electron chi connectivity index (χ1n) is 7.20. The number of methoxy groups -OCH3 is 2. The Kier molecular flexibility index (Phi) is 5.94. The van der Waals surface area contributed by atoms with E-state index in [9.17, 15) is 9.59 Å². The summed E-state index contributed by atoms with van der Waals surface area (Å²) in [6, 6.07) is 12.9. The molecule has 0 unspecified atom stereocenters. The topological polar surface area (TPSA) is 109 Å². The van der Waals surface area contributed by atoms with Gasteiger partial charge in [0.1, 0.15) is 11.5 Å². The Morgan fingerprint density at radius 3 is 1.44 bits per heavy atom. The Labute approximate surface area is 144 Å². The quantitative estimate of drug-likeness (QED) is 0.322. The summed E-state index contributed by atoms with van der Waals surface area (Å²) < 4.78 is 10.0. The molecule has 0 aliphatic heterocycles. The smallest absolute Gasteiger partial charge is 0.283 e. The Hall–Kier alpha value is -3.55.